The van der Waals surface area contributed by atoms with Crippen LogP contribution in [0.3, 0.4) is 0 Å². The Morgan fingerprint density at radius 1 is 1.36 bits per heavy atom. The van der Waals surface area contributed by atoms with E-state index in [2.05, 4.69) is 33.0 Å². The van der Waals surface area contributed by atoms with Crippen molar-refractivity contribution in [3.05, 3.63) is 28.5 Å². The molecule has 0 aliphatic heterocycles. The second-order valence-corrected chi connectivity index (χ2v) is 3.59. The molecule has 0 bridgehead atoms. The van der Waals surface area contributed by atoms with Crippen LogP contribution < -0.4 is 0 Å². The van der Waals surface area contributed by atoms with Gasteiger partial charge in [0.2, 0.25) is 0 Å². The van der Waals surface area contributed by atoms with E-state index in [1.807, 2.05) is 6.20 Å². The Bertz CT molecular complexity index is 230. The third-order valence-corrected chi connectivity index (χ3v) is 2.21. The zero-order valence-corrected chi connectivity index (χ0v) is 8.36. The molecule has 60 valence electrons. The average molecular weight is 235 g/mol. The van der Waals surface area contributed by atoms with Crippen LogP contribution in [0.1, 0.15) is 24.5 Å². The second-order valence-electron chi connectivity index (χ2n) is 2.68. The van der Waals surface area contributed by atoms with Crippen molar-refractivity contribution < 1.29 is 0 Å². The van der Waals surface area contributed by atoms with Crippen LogP contribution in [-0.4, -0.2) is 4.98 Å². The van der Waals surface area contributed by atoms with E-state index in [0.29, 0.717) is 0 Å². The normalized spacial score (nSPS) is 15.7. The number of hydrogen-bond acceptors (Lipinski definition) is 1. The van der Waals surface area contributed by atoms with Crippen molar-refractivity contribution >= 4 is 28.3 Å². The Kier molecular flexibility index (Phi) is 2.90. The number of pyridine rings is 1. The van der Waals surface area contributed by atoms with Gasteiger partial charge < -0.3 is 0 Å². The van der Waals surface area contributed by atoms with E-state index in [9.17, 15) is 0 Å². The van der Waals surface area contributed by atoms with Crippen molar-refractivity contribution in [1.82, 2.24) is 4.98 Å². The van der Waals surface area contributed by atoms with E-state index in [-0.39, 0.29) is 12.4 Å². The van der Waals surface area contributed by atoms with Crippen LogP contribution in [0.25, 0.3) is 0 Å². The molecule has 1 fully saturated rings. The molecule has 11 heavy (non-hydrogen) atoms. The first-order valence-electron chi connectivity index (χ1n) is 3.48. The predicted molar refractivity (Wildman–Crippen MR) is 51.2 cm³/mol. The minimum atomic E-state index is 0. The summed E-state index contributed by atoms with van der Waals surface area (Å²) < 4.78 is 1.07. The molecule has 0 unspecified atom stereocenters. The molecule has 1 nitrogen and oxygen atoms in total. The van der Waals surface area contributed by atoms with Gasteiger partial charge in [0, 0.05) is 22.3 Å². The average Bonchev–Trinajstić information content (AvgIpc) is 2.71. The zero-order chi connectivity index (χ0) is 6.97. The third-order valence-electron chi connectivity index (χ3n) is 1.75. The molecule has 0 spiro atoms. The molecule has 0 amide bonds. The van der Waals surface area contributed by atoms with Crippen LogP contribution >= 0.6 is 28.3 Å². The van der Waals surface area contributed by atoms with Gasteiger partial charge in [0.05, 0.1) is 0 Å². The van der Waals surface area contributed by atoms with Crippen LogP contribution in [0.2, 0.25) is 0 Å². The van der Waals surface area contributed by atoms with Gasteiger partial charge in [-0.3, -0.25) is 4.98 Å². The molecule has 0 saturated heterocycles. The topological polar surface area (TPSA) is 12.9 Å². The molecule has 1 aromatic rings. The molecule has 1 aliphatic carbocycles. The molecule has 0 N–H and O–H groups in total. The standard InChI is InChI=1S/C8H8BrN.ClH/c9-7-3-4-8(10-5-7)6-1-2-6;/h3-6H,1-2H2;1H. The molecule has 0 atom stereocenters. The number of aromatic nitrogens is 1. The molecule has 0 aromatic carbocycles. The molecule has 1 aliphatic rings. The second kappa shape index (κ2) is 3.55. The summed E-state index contributed by atoms with van der Waals surface area (Å²) in [4.78, 5) is 4.29. The van der Waals surface area contributed by atoms with Crippen molar-refractivity contribution in [2.24, 2.45) is 0 Å². The van der Waals surface area contributed by atoms with E-state index in [4.69, 9.17) is 0 Å². The highest BCUT2D eigenvalue weighted by molar-refractivity contribution is 9.10. The van der Waals surface area contributed by atoms with Gasteiger partial charge in [-0.25, -0.2) is 0 Å². The highest BCUT2D eigenvalue weighted by atomic mass is 79.9. The summed E-state index contributed by atoms with van der Waals surface area (Å²) in [5, 5.41) is 0. The van der Waals surface area contributed by atoms with E-state index in [1.165, 1.54) is 18.5 Å². The smallest absolute Gasteiger partial charge is 0.0435 e. The first kappa shape index (κ1) is 9.01. The maximum absolute atomic E-state index is 4.29. The van der Waals surface area contributed by atoms with Gasteiger partial charge in [-0.2, -0.15) is 0 Å². The molecular formula is C8H9BrClN. The summed E-state index contributed by atoms with van der Waals surface area (Å²) in [5.74, 6) is 0.771. The lowest BCUT2D eigenvalue weighted by atomic mass is 10.3. The highest BCUT2D eigenvalue weighted by Crippen LogP contribution is 2.38. The van der Waals surface area contributed by atoms with E-state index < -0.39 is 0 Å². The number of nitrogens with zero attached hydrogens (tertiary/aromatic N) is 1. The monoisotopic (exact) mass is 233 g/mol. The van der Waals surface area contributed by atoms with Gasteiger partial charge in [0.1, 0.15) is 0 Å². The number of halogens is 2. The number of rotatable bonds is 1. The fourth-order valence-electron chi connectivity index (χ4n) is 1.01. The molecule has 0 radical (unpaired) electrons. The van der Waals surface area contributed by atoms with Crippen molar-refractivity contribution in [2.75, 3.05) is 0 Å². The summed E-state index contributed by atoms with van der Waals surface area (Å²) in [6, 6.07) is 4.16. The minimum absolute atomic E-state index is 0. The number of hydrogen-bond donors (Lipinski definition) is 0. The summed E-state index contributed by atoms with van der Waals surface area (Å²) >= 11 is 3.35. The van der Waals surface area contributed by atoms with Crippen LogP contribution in [-0.2, 0) is 0 Å². The van der Waals surface area contributed by atoms with Gasteiger partial charge in [0.25, 0.3) is 0 Å². The van der Waals surface area contributed by atoms with Crippen molar-refractivity contribution in [2.45, 2.75) is 18.8 Å². The molecule has 1 aromatic heterocycles. The van der Waals surface area contributed by atoms with Gasteiger partial charge in [-0.1, -0.05) is 0 Å². The van der Waals surface area contributed by atoms with Gasteiger partial charge in [-0.05, 0) is 40.9 Å². The zero-order valence-electron chi connectivity index (χ0n) is 5.96. The fourth-order valence-corrected chi connectivity index (χ4v) is 1.24. The fraction of sp³-hybridized carbons (Fsp3) is 0.375. The van der Waals surface area contributed by atoms with Crippen LogP contribution in [0.15, 0.2) is 22.8 Å². The quantitative estimate of drug-likeness (QED) is 0.727. The maximum Gasteiger partial charge on any atom is 0.0435 e. The van der Waals surface area contributed by atoms with E-state index >= 15 is 0 Å². The van der Waals surface area contributed by atoms with Gasteiger partial charge in [0.15, 0.2) is 0 Å². The van der Waals surface area contributed by atoms with Gasteiger partial charge in [-0.15, -0.1) is 12.4 Å². The van der Waals surface area contributed by atoms with Crippen LogP contribution in [0, 0.1) is 0 Å². The van der Waals surface area contributed by atoms with E-state index in [0.717, 1.165) is 10.4 Å². The van der Waals surface area contributed by atoms with Crippen molar-refractivity contribution in [3.8, 4) is 0 Å². The van der Waals surface area contributed by atoms with Crippen molar-refractivity contribution in [1.29, 1.82) is 0 Å². The van der Waals surface area contributed by atoms with E-state index in [1.54, 1.807) is 0 Å². The lowest BCUT2D eigenvalue weighted by molar-refractivity contribution is 1.02. The Hall–Kier alpha value is -0.0800. The van der Waals surface area contributed by atoms with Crippen LogP contribution in [0.5, 0.6) is 0 Å². The summed E-state index contributed by atoms with van der Waals surface area (Å²) in [6.45, 7) is 0. The maximum atomic E-state index is 4.29. The molecule has 3 heteroatoms. The largest absolute Gasteiger partial charge is 0.260 e. The lowest BCUT2D eigenvalue weighted by Crippen LogP contribution is -1.82. The predicted octanol–water partition coefficient (Wildman–Crippen LogP) is 3.14. The molecule has 1 saturated carbocycles. The highest BCUT2D eigenvalue weighted by Gasteiger charge is 2.24. The summed E-state index contributed by atoms with van der Waals surface area (Å²) in [6.07, 6.45) is 4.52. The Labute approximate surface area is 80.8 Å². The lowest BCUT2D eigenvalue weighted by Gasteiger charge is -1.94. The van der Waals surface area contributed by atoms with Crippen molar-refractivity contribution in [3.63, 3.8) is 0 Å². The third kappa shape index (κ3) is 2.17. The molecular weight excluding hydrogens is 225 g/mol. The Morgan fingerprint density at radius 2 is 2.09 bits per heavy atom. The SMILES string of the molecule is Brc1ccc(C2CC2)nc1.Cl. The summed E-state index contributed by atoms with van der Waals surface area (Å²) in [5.41, 5.74) is 1.25. The van der Waals surface area contributed by atoms with Gasteiger partial charge >= 0.3 is 0 Å². The first-order valence-corrected chi connectivity index (χ1v) is 4.27. The Balaban J connectivity index is 0.000000605. The summed E-state index contributed by atoms with van der Waals surface area (Å²) in [7, 11) is 0. The first-order chi connectivity index (χ1) is 4.86. The molecule has 1 heterocycles. The Morgan fingerprint density at radius 3 is 2.55 bits per heavy atom. The molecule has 2 rings (SSSR count). The van der Waals surface area contributed by atoms with Crippen LogP contribution in [0.4, 0.5) is 0 Å². The minimum Gasteiger partial charge on any atom is -0.260 e.